The Kier molecular flexibility index (Phi) is 4.94. The van der Waals surface area contributed by atoms with Gasteiger partial charge in [0.05, 0.1) is 10.5 Å². The van der Waals surface area contributed by atoms with E-state index >= 15 is 0 Å². The maximum atomic E-state index is 12.9. The molecule has 2 aromatic carbocycles. The number of fused-ring (bicyclic) bond motifs is 1. The van der Waals surface area contributed by atoms with E-state index in [0.717, 1.165) is 17.7 Å². The largest absolute Gasteiger partial charge is 0.449 e. The Morgan fingerprint density at radius 3 is 2.67 bits per heavy atom. The summed E-state index contributed by atoms with van der Waals surface area (Å²) in [6, 6.07) is 11.7. The predicted molar refractivity (Wildman–Crippen MR) is 99.8 cm³/mol. The zero-order chi connectivity index (χ0) is 19.7. The number of nitro groups is 1. The van der Waals surface area contributed by atoms with Gasteiger partial charge < -0.3 is 9.64 Å². The summed E-state index contributed by atoms with van der Waals surface area (Å²) in [7, 11) is 0. The molecule has 0 radical (unpaired) electrons. The van der Waals surface area contributed by atoms with Gasteiger partial charge in [0, 0.05) is 23.4 Å². The Balaban J connectivity index is 1.76. The van der Waals surface area contributed by atoms with Crippen LogP contribution in [-0.2, 0) is 16.0 Å². The molecule has 0 aliphatic carbocycles. The summed E-state index contributed by atoms with van der Waals surface area (Å²) in [6.45, 7) is 5.04. The van der Waals surface area contributed by atoms with Crippen molar-refractivity contribution < 1.29 is 19.2 Å². The Morgan fingerprint density at radius 1 is 1.26 bits per heavy atom. The van der Waals surface area contributed by atoms with Crippen molar-refractivity contribution in [2.24, 2.45) is 0 Å². The number of para-hydroxylation sites is 1. The van der Waals surface area contributed by atoms with Crippen LogP contribution in [0, 0.1) is 17.0 Å². The second-order valence-corrected chi connectivity index (χ2v) is 6.70. The van der Waals surface area contributed by atoms with Crippen LogP contribution in [0.25, 0.3) is 0 Å². The third kappa shape index (κ3) is 3.53. The van der Waals surface area contributed by atoms with Crippen molar-refractivity contribution in [3.05, 3.63) is 69.3 Å². The summed E-state index contributed by atoms with van der Waals surface area (Å²) >= 11 is 0. The lowest BCUT2D eigenvalue weighted by molar-refractivity contribution is -0.385. The molecule has 1 aliphatic rings. The highest BCUT2D eigenvalue weighted by Crippen LogP contribution is 2.32. The summed E-state index contributed by atoms with van der Waals surface area (Å²) in [5.74, 6) is -1.08. The van der Waals surface area contributed by atoms with Crippen molar-refractivity contribution in [1.82, 2.24) is 0 Å². The minimum absolute atomic E-state index is 0.0310. The van der Waals surface area contributed by atoms with Crippen molar-refractivity contribution in [3.8, 4) is 0 Å². The minimum atomic E-state index is -1.01. The molecular formula is C20H20N2O5. The fourth-order valence-corrected chi connectivity index (χ4v) is 3.31. The zero-order valence-electron chi connectivity index (χ0n) is 15.3. The number of nitro benzene ring substituents is 1. The number of ether oxygens (including phenoxy) is 1. The molecule has 0 unspecified atom stereocenters. The molecule has 27 heavy (non-hydrogen) atoms. The van der Waals surface area contributed by atoms with Crippen molar-refractivity contribution in [2.75, 3.05) is 4.90 Å². The summed E-state index contributed by atoms with van der Waals surface area (Å²) < 4.78 is 5.30. The van der Waals surface area contributed by atoms with Gasteiger partial charge in [0.1, 0.15) is 0 Å². The number of carbonyl (C=O) groups is 2. The van der Waals surface area contributed by atoms with Gasteiger partial charge in [-0.25, -0.2) is 4.79 Å². The van der Waals surface area contributed by atoms with Crippen LogP contribution in [0.15, 0.2) is 42.5 Å². The van der Waals surface area contributed by atoms with Crippen LogP contribution in [0.5, 0.6) is 0 Å². The van der Waals surface area contributed by atoms with Crippen molar-refractivity contribution in [3.63, 3.8) is 0 Å². The van der Waals surface area contributed by atoms with E-state index in [1.807, 2.05) is 31.2 Å². The second-order valence-electron chi connectivity index (χ2n) is 6.70. The SMILES string of the molecule is Cc1ccc(C(=O)O[C@H](C)C(=O)N2c3ccccc3C[C@@H]2C)cc1[N+](=O)[O-]. The van der Waals surface area contributed by atoms with Crippen LogP contribution in [-0.4, -0.2) is 28.9 Å². The standard InChI is InChI=1S/C20H20N2O5/c1-12-8-9-16(11-18(12)22(25)26)20(24)27-14(3)19(23)21-13(2)10-15-6-4-5-7-17(15)21/h4-9,11,13-14H,10H2,1-3H3/t13-,14+/m0/s1. The topological polar surface area (TPSA) is 89.8 Å². The number of aryl methyl sites for hydroxylation is 1. The molecular weight excluding hydrogens is 348 g/mol. The number of rotatable bonds is 4. The van der Waals surface area contributed by atoms with E-state index in [1.165, 1.54) is 25.1 Å². The molecule has 0 N–H and O–H groups in total. The summed E-state index contributed by atoms with van der Waals surface area (Å²) in [5.41, 5.74) is 2.23. The van der Waals surface area contributed by atoms with Gasteiger partial charge in [-0.2, -0.15) is 0 Å². The summed E-state index contributed by atoms with van der Waals surface area (Å²) in [5, 5.41) is 11.0. The highest BCUT2D eigenvalue weighted by Gasteiger charge is 2.34. The summed E-state index contributed by atoms with van der Waals surface area (Å²) in [4.78, 5) is 37.4. The molecule has 3 rings (SSSR count). The van der Waals surface area contributed by atoms with E-state index in [9.17, 15) is 19.7 Å². The van der Waals surface area contributed by atoms with Crippen molar-refractivity contribution in [1.29, 1.82) is 0 Å². The number of hydrogen-bond acceptors (Lipinski definition) is 5. The van der Waals surface area contributed by atoms with Gasteiger partial charge >= 0.3 is 5.97 Å². The number of hydrogen-bond donors (Lipinski definition) is 0. The van der Waals surface area contributed by atoms with Gasteiger partial charge in [0.15, 0.2) is 6.10 Å². The third-order valence-electron chi connectivity index (χ3n) is 4.72. The normalized spacial score (nSPS) is 16.6. The molecule has 0 saturated heterocycles. The molecule has 0 aromatic heterocycles. The molecule has 7 nitrogen and oxygen atoms in total. The Hall–Kier alpha value is -3.22. The molecule has 1 heterocycles. The van der Waals surface area contributed by atoms with E-state index in [2.05, 4.69) is 0 Å². The average Bonchev–Trinajstić information content (AvgIpc) is 2.96. The lowest BCUT2D eigenvalue weighted by Crippen LogP contribution is -2.43. The number of anilines is 1. The summed E-state index contributed by atoms with van der Waals surface area (Å²) in [6.07, 6.45) is -0.265. The molecule has 140 valence electrons. The van der Waals surface area contributed by atoms with Crippen LogP contribution < -0.4 is 4.90 Å². The number of amides is 1. The lowest BCUT2D eigenvalue weighted by Gasteiger charge is -2.25. The average molecular weight is 368 g/mol. The number of nitrogens with zero attached hydrogens (tertiary/aromatic N) is 2. The van der Waals surface area contributed by atoms with Gasteiger partial charge in [-0.3, -0.25) is 14.9 Å². The number of carbonyl (C=O) groups excluding carboxylic acids is 2. The van der Waals surface area contributed by atoms with Gasteiger partial charge in [-0.1, -0.05) is 24.3 Å². The Morgan fingerprint density at radius 2 is 1.96 bits per heavy atom. The molecule has 2 aromatic rings. The smallest absolute Gasteiger partial charge is 0.339 e. The highest BCUT2D eigenvalue weighted by molar-refractivity contribution is 6.01. The van der Waals surface area contributed by atoms with Crippen LogP contribution in [0.2, 0.25) is 0 Å². The van der Waals surface area contributed by atoms with Crippen LogP contribution in [0.4, 0.5) is 11.4 Å². The molecule has 1 amide bonds. The monoisotopic (exact) mass is 368 g/mol. The molecule has 0 spiro atoms. The van der Waals surface area contributed by atoms with E-state index in [0.29, 0.717) is 5.56 Å². The Bertz CT molecular complexity index is 924. The Labute approximate surface area is 156 Å². The quantitative estimate of drug-likeness (QED) is 0.468. The zero-order valence-corrected chi connectivity index (χ0v) is 15.3. The molecule has 0 saturated carbocycles. The van der Waals surface area contributed by atoms with Gasteiger partial charge in [0.25, 0.3) is 11.6 Å². The first-order valence-corrected chi connectivity index (χ1v) is 8.66. The molecule has 7 heteroatoms. The van der Waals surface area contributed by atoms with E-state index in [1.54, 1.807) is 11.8 Å². The van der Waals surface area contributed by atoms with Crippen molar-refractivity contribution in [2.45, 2.75) is 39.3 Å². The molecule has 2 atom stereocenters. The van der Waals surface area contributed by atoms with Gasteiger partial charge in [-0.15, -0.1) is 0 Å². The van der Waals surface area contributed by atoms with E-state index in [4.69, 9.17) is 4.74 Å². The lowest BCUT2D eigenvalue weighted by atomic mass is 10.1. The third-order valence-corrected chi connectivity index (χ3v) is 4.72. The van der Waals surface area contributed by atoms with Crippen molar-refractivity contribution >= 4 is 23.3 Å². The maximum absolute atomic E-state index is 12.9. The van der Waals surface area contributed by atoms with E-state index in [-0.39, 0.29) is 23.2 Å². The number of benzene rings is 2. The van der Waals surface area contributed by atoms with Crippen LogP contribution in [0.3, 0.4) is 0 Å². The fourth-order valence-electron chi connectivity index (χ4n) is 3.31. The first kappa shape index (κ1) is 18.6. The van der Waals surface area contributed by atoms with Gasteiger partial charge in [0.2, 0.25) is 0 Å². The minimum Gasteiger partial charge on any atom is -0.449 e. The highest BCUT2D eigenvalue weighted by atomic mass is 16.6. The maximum Gasteiger partial charge on any atom is 0.339 e. The number of esters is 1. The molecule has 1 aliphatic heterocycles. The fraction of sp³-hybridized carbons (Fsp3) is 0.300. The second kappa shape index (κ2) is 7.19. The first-order valence-electron chi connectivity index (χ1n) is 8.66. The van der Waals surface area contributed by atoms with E-state index < -0.39 is 17.0 Å². The van der Waals surface area contributed by atoms with Crippen LogP contribution >= 0.6 is 0 Å². The molecule has 0 fully saturated rings. The predicted octanol–water partition coefficient (Wildman–Crippen LogP) is 3.43. The first-order chi connectivity index (χ1) is 12.8. The molecule has 0 bridgehead atoms. The van der Waals surface area contributed by atoms with Gasteiger partial charge in [-0.05, 0) is 44.9 Å². The van der Waals surface area contributed by atoms with Crippen LogP contribution in [0.1, 0.15) is 35.3 Å².